The predicted molar refractivity (Wildman–Crippen MR) is 91.6 cm³/mol. The Morgan fingerprint density at radius 3 is 0.931 bits per heavy atom. The van der Waals surface area contributed by atoms with Crippen LogP contribution in [0.1, 0.15) is 42.0 Å². The number of rotatable bonds is 4. The molecule has 0 aliphatic heterocycles. The number of hydrogen-bond acceptors (Lipinski definition) is 10. The van der Waals surface area contributed by atoms with Gasteiger partial charge in [-0.2, -0.15) is 28.4 Å². The molecule has 2 aromatic rings. The molecule has 11 heteroatoms. The van der Waals surface area contributed by atoms with E-state index in [1.807, 2.05) is 0 Å². The first-order valence-corrected chi connectivity index (χ1v) is 7.17. The van der Waals surface area contributed by atoms with Crippen molar-refractivity contribution in [1.82, 2.24) is 9.97 Å². The van der Waals surface area contributed by atoms with Crippen LogP contribution in [-0.2, 0) is 36.0 Å². The molecule has 0 spiro atoms. The maximum absolute atomic E-state index is 11.0. The summed E-state index contributed by atoms with van der Waals surface area (Å²) in [6, 6.07) is 8.54. The average molecular weight is 450 g/mol. The summed E-state index contributed by atoms with van der Waals surface area (Å²) in [6.45, 7) is 0. The van der Waals surface area contributed by atoms with E-state index in [2.05, 4.69) is 57.4 Å². The van der Waals surface area contributed by atoms with E-state index in [1.165, 1.54) is 36.4 Å². The van der Waals surface area contributed by atoms with Crippen LogP contribution in [0.2, 0.25) is 0 Å². The molecule has 10 nitrogen and oxygen atoms in total. The molecule has 0 saturated carbocycles. The van der Waals surface area contributed by atoms with Gasteiger partial charge < -0.3 is 18.9 Å². The third kappa shape index (κ3) is 7.68. The molecule has 159 valence electrons. The number of ether oxygens (including phenoxy) is 4. The van der Waals surface area contributed by atoms with E-state index in [0.717, 1.165) is 0 Å². The number of pyridine rings is 2. The minimum Gasteiger partial charge on any atom is -0.635 e. The fraction of sp³-hybridized carbons (Fsp3) is 0. The van der Waals surface area contributed by atoms with Crippen molar-refractivity contribution in [2.45, 2.75) is 0 Å². The van der Waals surface area contributed by atoms with Gasteiger partial charge in [-0.15, -0.1) is 0 Å². The van der Waals surface area contributed by atoms with Gasteiger partial charge in [-0.05, 0) is 24.3 Å². The molecule has 0 saturated heterocycles. The van der Waals surface area contributed by atoms with Crippen LogP contribution in [0.15, 0.2) is 36.4 Å². The van der Waals surface area contributed by atoms with Crippen molar-refractivity contribution < 1.29 is 55.2 Å². The zero-order chi connectivity index (χ0) is 21.1. The van der Waals surface area contributed by atoms with Crippen LogP contribution in [-0.4, -0.2) is 33.8 Å². The second-order valence-corrected chi connectivity index (χ2v) is 4.54. The second-order valence-electron chi connectivity index (χ2n) is 4.54. The Morgan fingerprint density at radius 2 is 0.759 bits per heavy atom. The summed E-state index contributed by atoms with van der Waals surface area (Å²) >= 11 is 0. The number of carbonyl (C=O) groups excluding carboxylic acids is 4. The Kier molecular flexibility index (Phi) is 11.5. The largest absolute Gasteiger partial charge is 0.635 e. The summed E-state index contributed by atoms with van der Waals surface area (Å²) in [4.78, 5) is 51.2. The van der Waals surface area contributed by atoms with Crippen LogP contribution in [0, 0.1) is 28.4 Å². The summed E-state index contributed by atoms with van der Waals surface area (Å²) in [7, 11) is 11.8. The van der Waals surface area contributed by atoms with Crippen molar-refractivity contribution in [3.05, 3.63) is 87.6 Å². The van der Waals surface area contributed by atoms with E-state index in [0.29, 0.717) is 0 Å². The Labute approximate surface area is 177 Å². The van der Waals surface area contributed by atoms with Gasteiger partial charge in [-0.1, -0.05) is 12.1 Å². The summed E-state index contributed by atoms with van der Waals surface area (Å²) in [6.07, 6.45) is 0. The molecule has 29 heavy (non-hydrogen) atoms. The molecule has 2 heterocycles. The minimum absolute atomic E-state index is 0. The van der Waals surface area contributed by atoms with Crippen molar-refractivity contribution >= 4 is 23.9 Å². The van der Waals surface area contributed by atoms with Gasteiger partial charge in [0.2, 0.25) is 0 Å². The second kappa shape index (κ2) is 13.0. The van der Waals surface area contributed by atoms with E-state index in [1.54, 1.807) is 0 Å². The molecule has 0 unspecified atom stereocenters. The predicted octanol–water partition coefficient (Wildman–Crippen LogP) is 1.95. The Bertz CT molecular complexity index is 738. The molecule has 0 atom stereocenters. The molecule has 0 N–H and O–H groups in total. The average Bonchev–Trinajstić information content (AvgIpc) is 2.77. The van der Waals surface area contributed by atoms with Gasteiger partial charge in [-0.25, -0.2) is 29.1 Å². The number of carbonyl (C=O) groups is 4. The fourth-order valence-corrected chi connectivity index (χ4v) is 1.62. The number of hydrogen-bond donors (Lipinski definition) is 0. The molecule has 2 rings (SSSR count). The first-order chi connectivity index (χ1) is 13.4. The third-order valence-corrected chi connectivity index (χ3v) is 2.86. The Morgan fingerprint density at radius 1 is 0.552 bits per heavy atom. The molecular formula is C18H14CuN2O8-4. The quantitative estimate of drug-likeness (QED) is 0.295. The van der Waals surface area contributed by atoms with Crippen molar-refractivity contribution in [1.29, 1.82) is 0 Å². The van der Waals surface area contributed by atoms with Crippen LogP contribution < -0.4 is 0 Å². The summed E-state index contributed by atoms with van der Waals surface area (Å²) in [5, 5.41) is 0. The van der Waals surface area contributed by atoms with Crippen molar-refractivity contribution in [2.75, 3.05) is 0 Å². The van der Waals surface area contributed by atoms with Crippen LogP contribution in [0.4, 0.5) is 0 Å². The van der Waals surface area contributed by atoms with Crippen molar-refractivity contribution in [3.63, 3.8) is 0 Å². The Hall–Kier alpha value is -3.30. The summed E-state index contributed by atoms with van der Waals surface area (Å²) in [5.74, 6) is -2.88. The zero-order valence-electron chi connectivity index (χ0n) is 14.8. The standard InChI is InChI=1S/2C9H7NO4.Cu/c2*1-13-8(11)6-4-3-5-7(10-6)9(12)14-2;/h2*3-5H,1-2H2;/q2*-2;. The van der Waals surface area contributed by atoms with E-state index in [-0.39, 0.29) is 39.8 Å². The molecule has 0 amide bonds. The zero-order valence-corrected chi connectivity index (χ0v) is 15.7. The van der Waals surface area contributed by atoms with Gasteiger partial charge in [0.15, 0.2) is 0 Å². The monoisotopic (exact) mass is 449 g/mol. The van der Waals surface area contributed by atoms with E-state index < -0.39 is 23.9 Å². The van der Waals surface area contributed by atoms with Gasteiger partial charge in [-0.3, -0.25) is 0 Å². The molecule has 0 aliphatic carbocycles. The van der Waals surface area contributed by atoms with Gasteiger partial charge in [0, 0.05) is 17.1 Å². The fourth-order valence-electron chi connectivity index (χ4n) is 1.62. The first-order valence-electron chi connectivity index (χ1n) is 7.17. The third-order valence-electron chi connectivity index (χ3n) is 2.86. The van der Waals surface area contributed by atoms with E-state index in [4.69, 9.17) is 0 Å². The summed E-state index contributed by atoms with van der Waals surface area (Å²) < 4.78 is 16.7. The molecule has 1 radical (unpaired) electrons. The first kappa shape index (κ1) is 25.7. The van der Waals surface area contributed by atoms with E-state index >= 15 is 0 Å². The summed E-state index contributed by atoms with van der Waals surface area (Å²) in [5.41, 5.74) is -0.0448. The molecule has 0 aromatic carbocycles. The van der Waals surface area contributed by atoms with E-state index in [9.17, 15) is 19.2 Å². The number of aromatic nitrogens is 2. The Balaban J connectivity index is 0.000000523. The maximum Gasteiger partial charge on any atom is 0.325 e. The van der Waals surface area contributed by atoms with Crippen LogP contribution in [0.5, 0.6) is 0 Å². The van der Waals surface area contributed by atoms with Gasteiger partial charge in [0.05, 0.1) is 0 Å². The van der Waals surface area contributed by atoms with Gasteiger partial charge in [0.1, 0.15) is 22.8 Å². The topological polar surface area (TPSA) is 131 Å². The van der Waals surface area contributed by atoms with Gasteiger partial charge in [0.25, 0.3) is 0 Å². The van der Waals surface area contributed by atoms with Crippen LogP contribution in [0.3, 0.4) is 0 Å². The van der Waals surface area contributed by atoms with Gasteiger partial charge >= 0.3 is 23.9 Å². The molecular weight excluding hydrogens is 436 g/mol. The van der Waals surface area contributed by atoms with Crippen LogP contribution >= 0.6 is 0 Å². The number of nitrogens with zero attached hydrogens (tertiary/aromatic N) is 2. The normalized spacial score (nSPS) is 8.97. The van der Waals surface area contributed by atoms with Crippen molar-refractivity contribution in [2.24, 2.45) is 0 Å². The maximum atomic E-state index is 11.0. The molecule has 0 fully saturated rings. The van der Waals surface area contributed by atoms with Crippen molar-refractivity contribution in [3.8, 4) is 0 Å². The minimum atomic E-state index is -0.719. The molecule has 0 aliphatic rings. The molecule has 0 bridgehead atoms. The SMILES string of the molecule is [CH2-]OC(=O)c1cccc(C(=O)O[CH2-])n1.[CH2-]OC(=O)c1cccc(C(=O)O[CH2-])n1.[Cu]. The van der Waals surface area contributed by atoms with Crippen LogP contribution in [0.25, 0.3) is 0 Å². The smallest absolute Gasteiger partial charge is 0.325 e. The number of esters is 4. The molecule has 2 aromatic heterocycles.